The number of nitrogens with zero attached hydrogens (tertiary/aromatic N) is 5. The summed E-state index contributed by atoms with van der Waals surface area (Å²) in [4.78, 5) is 22.6. The van der Waals surface area contributed by atoms with Gasteiger partial charge in [-0.05, 0) is 54.1 Å². The van der Waals surface area contributed by atoms with Gasteiger partial charge in [-0.3, -0.25) is 19.5 Å². The number of aromatic nitrogens is 3. The summed E-state index contributed by atoms with van der Waals surface area (Å²) < 4.78 is 7.12. The van der Waals surface area contributed by atoms with Crippen molar-refractivity contribution in [3.05, 3.63) is 94.5 Å². The number of rotatable bonds is 9. The number of nitrogens with one attached hydrogen (secondary N) is 1. The fourth-order valence-electron chi connectivity index (χ4n) is 3.12. The van der Waals surface area contributed by atoms with E-state index in [1.165, 1.54) is 30.1 Å². The first kappa shape index (κ1) is 23.6. The molecule has 35 heavy (non-hydrogen) atoms. The lowest BCUT2D eigenvalue weighted by atomic mass is 10.2. The lowest BCUT2D eigenvalue weighted by Gasteiger charge is -2.10. The largest absolute Gasteiger partial charge is 0.497 e. The Morgan fingerprint density at radius 2 is 1.80 bits per heavy atom. The third kappa shape index (κ3) is 5.89. The number of thioether (sulfide) groups is 1. The van der Waals surface area contributed by atoms with E-state index in [0.717, 1.165) is 17.0 Å². The molecule has 0 saturated heterocycles. The molecule has 0 atom stereocenters. The summed E-state index contributed by atoms with van der Waals surface area (Å²) in [6, 6.07) is 23.0. The van der Waals surface area contributed by atoms with Crippen LogP contribution in [-0.2, 0) is 4.79 Å². The number of ether oxygens (including phenoxy) is 1. The lowest BCUT2D eigenvalue weighted by Crippen LogP contribution is -2.20. The van der Waals surface area contributed by atoms with Gasteiger partial charge >= 0.3 is 0 Å². The number of benzene rings is 3. The number of para-hydroxylation sites is 1. The Morgan fingerprint density at radius 1 is 1.09 bits per heavy atom. The fourth-order valence-corrected chi connectivity index (χ4v) is 3.87. The van der Waals surface area contributed by atoms with Crippen LogP contribution in [0.5, 0.6) is 5.75 Å². The predicted molar refractivity (Wildman–Crippen MR) is 133 cm³/mol. The maximum Gasteiger partial charge on any atom is 0.269 e. The van der Waals surface area contributed by atoms with E-state index in [1.54, 1.807) is 19.2 Å². The van der Waals surface area contributed by atoms with Crippen LogP contribution in [-0.4, -0.2) is 44.7 Å². The highest BCUT2D eigenvalue weighted by atomic mass is 32.2. The Morgan fingerprint density at radius 3 is 2.46 bits per heavy atom. The Kier molecular flexibility index (Phi) is 7.48. The molecule has 1 N–H and O–H groups in total. The van der Waals surface area contributed by atoms with Crippen molar-refractivity contribution in [3.8, 4) is 22.8 Å². The molecule has 3 aromatic carbocycles. The zero-order valence-corrected chi connectivity index (χ0v) is 19.4. The highest BCUT2D eigenvalue weighted by molar-refractivity contribution is 7.99. The molecule has 0 aliphatic heterocycles. The molecule has 0 aliphatic carbocycles. The molecule has 10 nitrogen and oxygen atoms in total. The van der Waals surface area contributed by atoms with Crippen LogP contribution in [0.25, 0.3) is 17.1 Å². The molecule has 4 rings (SSSR count). The highest BCUT2D eigenvalue weighted by Crippen LogP contribution is 2.28. The second-order valence-corrected chi connectivity index (χ2v) is 8.08. The molecule has 1 heterocycles. The van der Waals surface area contributed by atoms with E-state index in [-0.39, 0.29) is 17.3 Å². The molecular formula is C24H20N6O4S. The van der Waals surface area contributed by atoms with Gasteiger partial charge < -0.3 is 4.74 Å². The lowest BCUT2D eigenvalue weighted by molar-refractivity contribution is -0.384. The van der Waals surface area contributed by atoms with E-state index in [4.69, 9.17) is 4.74 Å². The van der Waals surface area contributed by atoms with Gasteiger partial charge in [0.05, 0.1) is 24.0 Å². The van der Waals surface area contributed by atoms with E-state index >= 15 is 0 Å². The van der Waals surface area contributed by atoms with Crippen molar-refractivity contribution in [3.63, 3.8) is 0 Å². The van der Waals surface area contributed by atoms with E-state index in [2.05, 4.69) is 20.7 Å². The van der Waals surface area contributed by atoms with Crippen LogP contribution in [0.4, 0.5) is 5.69 Å². The van der Waals surface area contributed by atoms with Gasteiger partial charge in [0.15, 0.2) is 11.0 Å². The molecule has 0 spiro atoms. The van der Waals surface area contributed by atoms with Crippen molar-refractivity contribution < 1.29 is 14.5 Å². The van der Waals surface area contributed by atoms with E-state index < -0.39 is 4.92 Å². The van der Waals surface area contributed by atoms with Crippen molar-refractivity contribution in [2.45, 2.75) is 5.16 Å². The van der Waals surface area contributed by atoms with Crippen molar-refractivity contribution in [2.75, 3.05) is 12.9 Å². The van der Waals surface area contributed by atoms with Gasteiger partial charge in [0.1, 0.15) is 5.75 Å². The van der Waals surface area contributed by atoms with Crippen molar-refractivity contribution >= 4 is 29.6 Å². The maximum atomic E-state index is 12.3. The van der Waals surface area contributed by atoms with Gasteiger partial charge in [0, 0.05) is 23.4 Å². The Hall–Kier alpha value is -4.51. The van der Waals surface area contributed by atoms with Gasteiger partial charge in [0.2, 0.25) is 0 Å². The topological polar surface area (TPSA) is 125 Å². The standard InChI is InChI=1S/C24H20N6O4S/c1-34-21-13-9-18(10-14-21)23-27-28-24(29(23)19-5-3-2-4-6-19)35-16-22(31)26-25-15-17-7-11-20(12-8-17)30(32)33/h2-15H,16H2,1H3,(H,26,31)/b25-15-. The molecule has 0 bridgehead atoms. The second-order valence-electron chi connectivity index (χ2n) is 7.14. The van der Waals surface area contributed by atoms with Gasteiger partial charge in [0.25, 0.3) is 11.6 Å². The number of carbonyl (C=O) groups is 1. The van der Waals surface area contributed by atoms with Crippen molar-refractivity contribution in [1.29, 1.82) is 0 Å². The van der Waals surface area contributed by atoms with Crippen LogP contribution < -0.4 is 10.2 Å². The van der Waals surface area contributed by atoms with Crippen LogP contribution >= 0.6 is 11.8 Å². The third-order valence-corrected chi connectivity index (χ3v) is 5.76. The molecule has 176 valence electrons. The molecule has 0 saturated carbocycles. The smallest absolute Gasteiger partial charge is 0.269 e. The van der Waals surface area contributed by atoms with Crippen LogP contribution in [0.1, 0.15) is 5.56 Å². The quantitative estimate of drug-likeness (QED) is 0.163. The number of methoxy groups -OCH3 is 1. The van der Waals surface area contributed by atoms with Crippen LogP contribution in [0, 0.1) is 10.1 Å². The fraction of sp³-hybridized carbons (Fsp3) is 0.0833. The monoisotopic (exact) mass is 488 g/mol. The number of carbonyl (C=O) groups excluding carboxylic acids is 1. The van der Waals surface area contributed by atoms with Gasteiger partial charge in [-0.1, -0.05) is 30.0 Å². The number of hydrazone groups is 1. The highest BCUT2D eigenvalue weighted by Gasteiger charge is 2.17. The minimum atomic E-state index is -0.478. The SMILES string of the molecule is COc1ccc(-c2nnc(SCC(=O)N/N=C\c3ccc([N+](=O)[O-])cc3)n2-c2ccccc2)cc1. The van der Waals surface area contributed by atoms with Gasteiger partial charge in [-0.25, -0.2) is 5.43 Å². The number of amides is 1. The first-order chi connectivity index (χ1) is 17.0. The summed E-state index contributed by atoms with van der Waals surface area (Å²) in [7, 11) is 1.61. The molecule has 0 fully saturated rings. The summed E-state index contributed by atoms with van der Waals surface area (Å²) in [5.74, 6) is 1.10. The maximum absolute atomic E-state index is 12.3. The molecule has 0 aliphatic rings. The third-order valence-electron chi connectivity index (χ3n) is 4.84. The van der Waals surface area contributed by atoms with Crippen LogP contribution in [0.15, 0.2) is 89.1 Å². The van der Waals surface area contributed by atoms with Gasteiger partial charge in [-0.15, -0.1) is 10.2 Å². The summed E-state index contributed by atoms with van der Waals surface area (Å²) in [5.41, 5.74) is 4.78. The van der Waals surface area contributed by atoms with Crippen molar-refractivity contribution in [1.82, 2.24) is 20.2 Å². The summed E-state index contributed by atoms with van der Waals surface area (Å²) >= 11 is 1.23. The number of hydrogen-bond donors (Lipinski definition) is 1. The van der Waals surface area contributed by atoms with E-state index in [9.17, 15) is 14.9 Å². The van der Waals surface area contributed by atoms with Gasteiger partial charge in [-0.2, -0.15) is 5.10 Å². The molecule has 1 aromatic heterocycles. The second kappa shape index (κ2) is 11.1. The van der Waals surface area contributed by atoms with Crippen LogP contribution in [0.2, 0.25) is 0 Å². The number of non-ortho nitro benzene ring substituents is 1. The number of nitro benzene ring substituents is 1. The number of hydrogen-bond acceptors (Lipinski definition) is 8. The molecule has 1 amide bonds. The zero-order chi connectivity index (χ0) is 24.6. The normalized spacial score (nSPS) is 10.9. The summed E-state index contributed by atoms with van der Waals surface area (Å²) in [6.07, 6.45) is 1.42. The zero-order valence-electron chi connectivity index (χ0n) is 18.6. The molecule has 11 heteroatoms. The first-order valence-corrected chi connectivity index (χ1v) is 11.4. The Balaban J connectivity index is 1.46. The average Bonchev–Trinajstić information content (AvgIpc) is 3.32. The minimum absolute atomic E-state index is 0.0147. The average molecular weight is 489 g/mol. The molecule has 4 aromatic rings. The number of nitro groups is 1. The van der Waals surface area contributed by atoms with Crippen molar-refractivity contribution in [2.24, 2.45) is 5.10 Å². The minimum Gasteiger partial charge on any atom is -0.497 e. The first-order valence-electron chi connectivity index (χ1n) is 10.4. The van der Waals surface area contributed by atoms with E-state index in [0.29, 0.717) is 16.5 Å². The summed E-state index contributed by atoms with van der Waals surface area (Å²) in [5, 5.41) is 23.9. The molecule has 0 radical (unpaired) electrons. The van der Waals surface area contributed by atoms with Crippen LogP contribution in [0.3, 0.4) is 0 Å². The Bertz CT molecular complexity index is 1340. The summed E-state index contributed by atoms with van der Waals surface area (Å²) in [6.45, 7) is 0. The van der Waals surface area contributed by atoms with E-state index in [1.807, 2.05) is 59.2 Å². The predicted octanol–water partition coefficient (Wildman–Crippen LogP) is 4.09. The molecule has 0 unspecified atom stereocenters. The Labute approximate surface area is 204 Å². The molecular weight excluding hydrogens is 468 g/mol.